The summed E-state index contributed by atoms with van der Waals surface area (Å²) in [6.07, 6.45) is 17.5. The van der Waals surface area contributed by atoms with Gasteiger partial charge < -0.3 is 4.98 Å². The van der Waals surface area contributed by atoms with Gasteiger partial charge in [-0.2, -0.15) is 0 Å². The third-order valence-corrected chi connectivity index (χ3v) is 4.11. The van der Waals surface area contributed by atoms with Crippen molar-refractivity contribution in [3.63, 3.8) is 0 Å². The molecule has 1 atom stereocenters. The minimum Gasteiger partial charge on any atom is -0.346 e. The molecular weight excluding hydrogens is 244 g/mol. The van der Waals surface area contributed by atoms with Crippen molar-refractivity contribution in [2.45, 2.75) is 38.5 Å². The van der Waals surface area contributed by atoms with Gasteiger partial charge in [-0.15, -0.1) is 0 Å². The van der Waals surface area contributed by atoms with Gasteiger partial charge in [-0.3, -0.25) is 0 Å². The quantitative estimate of drug-likeness (QED) is 0.845. The van der Waals surface area contributed by atoms with Crippen molar-refractivity contribution in [3.05, 3.63) is 65.5 Å². The molecule has 1 N–H and O–H groups in total. The molecule has 0 bridgehead atoms. The first-order valence-electron chi connectivity index (χ1n) is 7.56. The van der Waals surface area contributed by atoms with Crippen LogP contribution in [0.2, 0.25) is 0 Å². The van der Waals surface area contributed by atoms with Gasteiger partial charge in [-0.1, -0.05) is 42.9 Å². The smallest absolute Gasteiger partial charge is 0.133 e. The minimum absolute atomic E-state index is 0.662. The third kappa shape index (κ3) is 3.19. The van der Waals surface area contributed by atoms with E-state index in [0.29, 0.717) is 5.92 Å². The van der Waals surface area contributed by atoms with Crippen molar-refractivity contribution in [2.24, 2.45) is 10.9 Å². The first kappa shape index (κ1) is 13.2. The van der Waals surface area contributed by atoms with Gasteiger partial charge in [-0.25, -0.2) is 4.99 Å². The van der Waals surface area contributed by atoms with Crippen molar-refractivity contribution in [2.75, 3.05) is 0 Å². The van der Waals surface area contributed by atoms with Crippen LogP contribution >= 0.6 is 0 Å². The molecule has 3 rings (SSSR count). The van der Waals surface area contributed by atoms with Gasteiger partial charge in [0.2, 0.25) is 0 Å². The van der Waals surface area contributed by atoms with Gasteiger partial charge in [0.25, 0.3) is 0 Å². The molecule has 2 nitrogen and oxygen atoms in total. The average molecular weight is 266 g/mol. The molecule has 0 radical (unpaired) electrons. The summed E-state index contributed by atoms with van der Waals surface area (Å²) in [6, 6.07) is 4.26. The highest BCUT2D eigenvalue weighted by Gasteiger charge is 2.24. The molecule has 0 saturated heterocycles. The Morgan fingerprint density at radius 1 is 1.40 bits per heavy atom. The van der Waals surface area contributed by atoms with E-state index in [1.807, 2.05) is 12.4 Å². The van der Waals surface area contributed by atoms with Crippen LogP contribution in [0, 0.1) is 5.92 Å². The van der Waals surface area contributed by atoms with E-state index in [2.05, 4.69) is 53.3 Å². The van der Waals surface area contributed by atoms with Crippen molar-refractivity contribution in [3.8, 4) is 0 Å². The number of allylic oxidation sites excluding steroid dienone is 5. The highest BCUT2D eigenvalue weighted by molar-refractivity contribution is 5.23. The number of pyridine rings is 1. The molecule has 0 spiro atoms. The predicted molar refractivity (Wildman–Crippen MR) is 83.1 cm³/mol. The molecule has 1 saturated carbocycles. The Balaban J connectivity index is 1.69. The van der Waals surface area contributed by atoms with Gasteiger partial charge in [0.05, 0.1) is 0 Å². The lowest BCUT2D eigenvalue weighted by molar-refractivity contribution is 0.670. The van der Waals surface area contributed by atoms with Gasteiger partial charge in [0, 0.05) is 12.4 Å². The first-order valence-corrected chi connectivity index (χ1v) is 7.56. The third-order valence-electron chi connectivity index (χ3n) is 4.11. The lowest BCUT2D eigenvalue weighted by Crippen LogP contribution is -2.11. The van der Waals surface area contributed by atoms with Crippen LogP contribution in [0.15, 0.2) is 59.4 Å². The Bertz CT molecular complexity index is 612. The van der Waals surface area contributed by atoms with E-state index < -0.39 is 0 Å². The maximum Gasteiger partial charge on any atom is 0.133 e. The van der Waals surface area contributed by atoms with E-state index in [1.165, 1.54) is 24.0 Å². The zero-order valence-corrected chi connectivity index (χ0v) is 12.0. The van der Waals surface area contributed by atoms with Gasteiger partial charge in [-0.05, 0) is 49.1 Å². The molecule has 0 aliphatic heterocycles. The number of H-pyrrole nitrogens is 1. The van der Waals surface area contributed by atoms with Crippen LogP contribution in [-0.4, -0.2) is 4.98 Å². The molecule has 1 heterocycles. The second kappa shape index (κ2) is 6.08. The van der Waals surface area contributed by atoms with E-state index in [9.17, 15) is 0 Å². The molecule has 0 amide bonds. The fraction of sp³-hybridized carbons (Fsp3) is 0.389. The van der Waals surface area contributed by atoms with Crippen LogP contribution in [0.4, 0.5) is 0 Å². The Morgan fingerprint density at radius 2 is 2.30 bits per heavy atom. The standard InChI is InChI=1S/C18H22N2/c1-14-6-2-3-7-15(14)8-4-12-19-18-17(16-10-11-16)9-5-13-20-18/h2-5,7,9,12-14,16H,6,8,10-11H2,1H3,(H,19,20)/b12-4+. The molecule has 2 aliphatic carbocycles. The number of aromatic nitrogens is 1. The summed E-state index contributed by atoms with van der Waals surface area (Å²) in [5.41, 5.74) is 3.89. The fourth-order valence-corrected chi connectivity index (χ4v) is 2.65. The Labute approximate surface area is 120 Å². The van der Waals surface area contributed by atoms with Crippen LogP contribution in [0.25, 0.3) is 0 Å². The Morgan fingerprint density at radius 3 is 3.10 bits per heavy atom. The predicted octanol–water partition coefficient (Wildman–Crippen LogP) is 4.22. The number of hydrogen-bond acceptors (Lipinski definition) is 1. The molecule has 0 aromatic carbocycles. The summed E-state index contributed by atoms with van der Waals surface area (Å²) in [4.78, 5) is 7.86. The zero-order chi connectivity index (χ0) is 13.8. The number of nitrogens with one attached hydrogen (secondary N) is 1. The molecule has 2 aliphatic rings. The first-order chi connectivity index (χ1) is 9.84. The maximum absolute atomic E-state index is 4.60. The van der Waals surface area contributed by atoms with Gasteiger partial charge in [0.1, 0.15) is 5.49 Å². The van der Waals surface area contributed by atoms with E-state index in [-0.39, 0.29) is 0 Å². The molecule has 1 fully saturated rings. The summed E-state index contributed by atoms with van der Waals surface area (Å²) in [6.45, 7) is 2.29. The largest absolute Gasteiger partial charge is 0.346 e. The second-order valence-corrected chi connectivity index (χ2v) is 5.77. The summed E-state index contributed by atoms with van der Waals surface area (Å²) in [5.74, 6) is 1.39. The number of nitrogens with zero attached hydrogens (tertiary/aromatic N) is 1. The molecule has 104 valence electrons. The monoisotopic (exact) mass is 266 g/mol. The van der Waals surface area contributed by atoms with Crippen molar-refractivity contribution in [1.82, 2.24) is 4.98 Å². The van der Waals surface area contributed by atoms with Gasteiger partial charge in [0.15, 0.2) is 0 Å². The van der Waals surface area contributed by atoms with Crippen molar-refractivity contribution < 1.29 is 0 Å². The van der Waals surface area contributed by atoms with Crippen molar-refractivity contribution >= 4 is 0 Å². The summed E-state index contributed by atoms with van der Waals surface area (Å²) >= 11 is 0. The molecule has 20 heavy (non-hydrogen) atoms. The lowest BCUT2D eigenvalue weighted by Gasteiger charge is -2.14. The van der Waals surface area contributed by atoms with E-state index >= 15 is 0 Å². The average Bonchev–Trinajstić information content (AvgIpc) is 3.30. The summed E-state index contributed by atoms with van der Waals surface area (Å²) in [7, 11) is 0. The molecule has 2 heteroatoms. The zero-order valence-electron chi connectivity index (χ0n) is 12.0. The second-order valence-electron chi connectivity index (χ2n) is 5.77. The van der Waals surface area contributed by atoms with E-state index in [0.717, 1.165) is 24.2 Å². The van der Waals surface area contributed by atoms with Crippen LogP contribution in [-0.2, 0) is 0 Å². The summed E-state index contributed by atoms with van der Waals surface area (Å²) in [5, 5.41) is 0. The SMILES string of the molecule is CC1CC=CC=C1C/C=C/N=c1\[nH]cccc1C1CC1. The molecular formula is C18H22N2. The van der Waals surface area contributed by atoms with Crippen molar-refractivity contribution in [1.29, 1.82) is 0 Å². The Kier molecular flexibility index (Phi) is 4.00. The van der Waals surface area contributed by atoms with Crippen LogP contribution in [0.5, 0.6) is 0 Å². The molecule has 1 aromatic heterocycles. The normalized spacial score (nSPS) is 23.4. The Hall–Kier alpha value is -1.83. The number of rotatable bonds is 4. The fourth-order valence-electron chi connectivity index (χ4n) is 2.65. The topological polar surface area (TPSA) is 28.1 Å². The van der Waals surface area contributed by atoms with E-state index in [4.69, 9.17) is 0 Å². The van der Waals surface area contributed by atoms with Crippen LogP contribution in [0.1, 0.15) is 44.1 Å². The number of hydrogen-bond donors (Lipinski definition) is 1. The van der Waals surface area contributed by atoms with Crippen LogP contribution in [0.3, 0.4) is 0 Å². The molecule has 1 unspecified atom stereocenters. The molecule has 1 aromatic rings. The maximum atomic E-state index is 4.60. The number of aromatic amines is 1. The van der Waals surface area contributed by atoms with Crippen LogP contribution < -0.4 is 5.49 Å². The highest BCUT2D eigenvalue weighted by atomic mass is 14.8. The lowest BCUT2D eigenvalue weighted by atomic mass is 9.91. The van der Waals surface area contributed by atoms with E-state index in [1.54, 1.807) is 0 Å². The highest BCUT2D eigenvalue weighted by Crippen LogP contribution is 2.37. The van der Waals surface area contributed by atoms with Gasteiger partial charge >= 0.3 is 0 Å². The summed E-state index contributed by atoms with van der Waals surface area (Å²) < 4.78 is 0. The minimum atomic E-state index is 0.662.